The number of hydrogen-bond acceptors (Lipinski definition) is 6. The highest BCUT2D eigenvalue weighted by Gasteiger charge is 2.13. The standard InChI is InChI=1S/C21H24O6/c1-3-24-20(22)12-13-26-19-14-17(21(23)25-4-2)10-11-18(19)27-15-16-8-6-5-7-9-16/h5-11,14H,3-4,12-13,15H2,1-2H3. The summed E-state index contributed by atoms with van der Waals surface area (Å²) in [7, 11) is 0. The number of carbonyl (C=O) groups excluding carboxylic acids is 2. The van der Waals surface area contributed by atoms with Gasteiger partial charge in [-0.2, -0.15) is 0 Å². The van der Waals surface area contributed by atoms with E-state index in [1.54, 1.807) is 32.0 Å². The van der Waals surface area contributed by atoms with Gasteiger partial charge < -0.3 is 18.9 Å². The van der Waals surface area contributed by atoms with E-state index in [2.05, 4.69) is 0 Å². The molecule has 0 radical (unpaired) electrons. The third-order valence-electron chi connectivity index (χ3n) is 3.56. The number of carbonyl (C=O) groups is 2. The molecule has 27 heavy (non-hydrogen) atoms. The summed E-state index contributed by atoms with van der Waals surface area (Å²) in [4.78, 5) is 23.4. The van der Waals surface area contributed by atoms with Crippen LogP contribution < -0.4 is 9.47 Å². The second kappa shape index (κ2) is 10.9. The van der Waals surface area contributed by atoms with E-state index >= 15 is 0 Å². The molecule has 0 aliphatic rings. The zero-order chi connectivity index (χ0) is 19.5. The fourth-order valence-corrected chi connectivity index (χ4v) is 2.29. The first-order valence-electron chi connectivity index (χ1n) is 8.90. The molecule has 0 fully saturated rings. The van der Waals surface area contributed by atoms with Crippen molar-refractivity contribution in [1.82, 2.24) is 0 Å². The van der Waals surface area contributed by atoms with E-state index in [4.69, 9.17) is 18.9 Å². The summed E-state index contributed by atoms with van der Waals surface area (Å²) in [5.41, 5.74) is 1.36. The molecule has 0 amide bonds. The van der Waals surface area contributed by atoms with Crippen LogP contribution in [0.5, 0.6) is 11.5 Å². The Hall–Kier alpha value is -3.02. The van der Waals surface area contributed by atoms with E-state index in [-0.39, 0.29) is 25.6 Å². The van der Waals surface area contributed by atoms with E-state index in [0.717, 1.165) is 5.56 Å². The lowest BCUT2D eigenvalue weighted by molar-refractivity contribution is -0.143. The van der Waals surface area contributed by atoms with Crippen molar-refractivity contribution >= 4 is 11.9 Å². The quantitative estimate of drug-likeness (QED) is 0.591. The highest BCUT2D eigenvalue weighted by molar-refractivity contribution is 5.90. The van der Waals surface area contributed by atoms with E-state index in [1.165, 1.54) is 0 Å². The molecule has 0 saturated heterocycles. The van der Waals surface area contributed by atoms with Crippen molar-refractivity contribution in [2.24, 2.45) is 0 Å². The Balaban J connectivity index is 2.10. The molecule has 0 spiro atoms. The van der Waals surface area contributed by atoms with Gasteiger partial charge in [-0.05, 0) is 37.6 Å². The molecule has 2 aromatic rings. The van der Waals surface area contributed by atoms with Crippen LogP contribution in [0.15, 0.2) is 48.5 Å². The van der Waals surface area contributed by atoms with Crippen molar-refractivity contribution < 1.29 is 28.5 Å². The minimum atomic E-state index is -0.442. The molecule has 0 aliphatic heterocycles. The van der Waals surface area contributed by atoms with Crippen LogP contribution in [0.1, 0.15) is 36.2 Å². The topological polar surface area (TPSA) is 71.1 Å². The Kier molecular flexibility index (Phi) is 8.16. The summed E-state index contributed by atoms with van der Waals surface area (Å²) in [5.74, 6) is 0.0738. The lowest BCUT2D eigenvalue weighted by Gasteiger charge is -2.14. The van der Waals surface area contributed by atoms with Gasteiger partial charge in [0.25, 0.3) is 0 Å². The second-order valence-electron chi connectivity index (χ2n) is 5.56. The zero-order valence-electron chi connectivity index (χ0n) is 15.6. The van der Waals surface area contributed by atoms with Gasteiger partial charge in [-0.15, -0.1) is 0 Å². The normalized spacial score (nSPS) is 10.1. The van der Waals surface area contributed by atoms with Gasteiger partial charge >= 0.3 is 11.9 Å². The average Bonchev–Trinajstić information content (AvgIpc) is 2.68. The van der Waals surface area contributed by atoms with E-state index in [0.29, 0.717) is 30.3 Å². The van der Waals surface area contributed by atoms with Crippen LogP contribution in [0.25, 0.3) is 0 Å². The van der Waals surface area contributed by atoms with Crippen LogP contribution in [-0.4, -0.2) is 31.8 Å². The maximum atomic E-state index is 12.0. The van der Waals surface area contributed by atoms with Crippen LogP contribution in [0, 0.1) is 0 Å². The molecule has 0 bridgehead atoms. The van der Waals surface area contributed by atoms with Crippen molar-refractivity contribution in [3.63, 3.8) is 0 Å². The van der Waals surface area contributed by atoms with Crippen LogP contribution >= 0.6 is 0 Å². The van der Waals surface area contributed by atoms with E-state index in [1.807, 2.05) is 30.3 Å². The number of ether oxygens (including phenoxy) is 4. The number of rotatable bonds is 10. The van der Waals surface area contributed by atoms with Gasteiger partial charge in [0, 0.05) is 0 Å². The monoisotopic (exact) mass is 372 g/mol. The van der Waals surface area contributed by atoms with E-state index < -0.39 is 5.97 Å². The summed E-state index contributed by atoms with van der Waals surface area (Å²) in [5, 5.41) is 0. The summed E-state index contributed by atoms with van der Waals surface area (Å²) in [6, 6.07) is 14.5. The van der Waals surface area contributed by atoms with Crippen molar-refractivity contribution in [3.8, 4) is 11.5 Å². The third kappa shape index (κ3) is 6.66. The molecule has 6 heteroatoms. The molecule has 0 aromatic heterocycles. The lowest BCUT2D eigenvalue weighted by atomic mass is 10.2. The maximum Gasteiger partial charge on any atom is 0.338 e. The Bertz CT molecular complexity index is 742. The third-order valence-corrected chi connectivity index (χ3v) is 3.56. The first-order valence-corrected chi connectivity index (χ1v) is 8.90. The molecular formula is C21H24O6. The molecule has 0 unspecified atom stereocenters. The predicted molar refractivity (Wildman–Crippen MR) is 99.9 cm³/mol. The molecular weight excluding hydrogens is 348 g/mol. The van der Waals surface area contributed by atoms with Gasteiger partial charge in [-0.25, -0.2) is 4.79 Å². The molecule has 0 atom stereocenters. The van der Waals surface area contributed by atoms with Gasteiger partial charge in [0.05, 0.1) is 31.8 Å². The van der Waals surface area contributed by atoms with Gasteiger partial charge in [0.15, 0.2) is 11.5 Å². The van der Waals surface area contributed by atoms with Crippen LogP contribution in [0.2, 0.25) is 0 Å². The number of benzene rings is 2. The van der Waals surface area contributed by atoms with Crippen molar-refractivity contribution in [3.05, 3.63) is 59.7 Å². The molecule has 2 aromatic carbocycles. The van der Waals surface area contributed by atoms with Gasteiger partial charge in [-0.3, -0.25) is 4.79 Å². The molecule has 144 valence electrons. The first-order chi connectivity index (χ1) is 13.1. The zero-order valence-corrected chi connectivity index (χ0v) is 15.6. The van der Waals surface area contributed by atoms with Crippen molar-refractivity contribution in [1.29, 1.82) is 0 Å². The van der Waals surface area contributed by atoms with Gasteiger partial charge in [-0.1, -0.05) is 30.3 Å². The summed E-state index contributed by atoms with van der Waals surface area (Å²) < 4.78 is 21.4. The predicted octanol–water partition coefficient (Wildman–Crippen LogP) is 3.77. The average molecular weight is 372 g/mol. The fraction of sp³-hybridized carbons (Fsp3) is 0.333. The SMILES string of the molecule is CCOC(=O)CCOc1cc(C(=O)OCC)ccc1OCc1ccccc1. The number of esters is 2. The second-order valence-corrected chi connectivity index (χ2v) is 5.56. The minimum Gasteiger partial charge on any atom is -0.489 e. The Morgan fingerprint density at radius 1 is 0.852 bits per heavy atom. The molecule has 0 saturated carbocycles. The minimum absolute atomic E-state index is 0.107. The van der Waals surface area contributed by atoms with Crippen molar-refractivity contribution in [2.45, 2.75) is 26.9 Å². The van der Waals surface area contributed by atoms with Crippen LogP contribution in [-0.2, 0) is 20.9 Å². The first kappa shape index (κ1) is 20.3. The lowest BCUT2D eigenvalue weighted by Crippen LogP contribution is -2.11. The molecule has 0 heterocycles. The smallest absolute Gasteiger partial charge is 0.338 e. The Morgan fingerprint density at radius 2 is 1.59 bits per heavy atom. The fourth-order valence-electron chi connectivity index (χ4n) is 2.29. The largest absolute Gasteiger partial charge is 0.489 e. The van der Waals surface area contributed by atoms with Crippen molar-refractivity contribution in [2.75, 3.05) is 19.8 Å². The Labute approximate surface area is 159 Å². The van der Waals surface area contributed by atoms with Gasteiger partial charge in [0.2, 0.25) is 0 Å². The summed E-state index contributed by atoms with van der Waals surface area (Å²) in [6.07, 6.45) is 0.107. The Morgan fingerprint density at radius 3 is 2.30 bits per heavy atom. The summed E-state index contributed by atoms with van der Waals surface area (Å²) >= 11 is 0. The highest BCUT2D eigenvalue weighted by atomic mass is 16.5. The molecule has 2 rings (SSSR count). The highest BCUT2D eigenvalue weighted by Crippen LogP contribution is 2.30. The summed E-state index contributed by atoms with van der Waals surface area (Å²) in [6.45, 7) is 4.57. The molecule has 0 N–H and O–H groups in total. The molecule has 0 aliphatic carbocycles. The van der Waals surface area contributed by atoms with Gasteiger partial charge in [0.1, 0.15) is 6.61 Å². The molecule has 6 nitrogen and oxygen atoms in total. The maximum absolute atomic E-state index is 12.0. The van der Waals surface area contributed by atoms with Crippen LogP contribution in [0.3, 0.4) is 0 Å². The van der Waals surface area contributed by atoms with Crippen LogP contribution in [0.4, 0.5) is 0 Å². The van der Waals surface area contributed by atoms with E-state index in [9.17, 15) is 9.59 Å². The number of hydrogen-bond donors (Lipinski definition) is 0.